The zero-order valence-corrected chi connectivity index (χ0v) is 15.2. The summed E-state index contributed by atoms with van der Waals surface area (Å²) in [5.41, 5.74) is 0.814. The van der Waals surface area contributed by atoms with E-state index in [9.17, 15) is 5.11 Å². The van der Waals surface area contributed by atoms with E-state index in [2.05, 4.69) is 11.2 Å². The highest BCUT2D eigenvalue weighted by atomic mass is 32.2. The topological polar surface area (TPSA) is 60.4 Å². The molecule has 0 aromatic heterocycles. The van der Waals surface area contributed by atoms with Gasteiger partial charge < -0.3 is 28.4 Å². The van der Waals surface area contributed by atoms with Crippen LogP contribution in [0, 0.1) is 5.92 Å². The zero-order chi connectivity index (χ0) is 17.2. The average molecular weight is 357 g/mol. The first-order valence-corrected chi connectivity index (χ1v) is 9.15. The van der Waals surface area contributed by atoms with Crippen molar-refractivity contribution in [1.29, 1.82) is 0 Å². The van der Waals surface area contributed by atoms with E-state index in [4.69, 9.17) is 18.9 Å². The minimum absolute atomic E-state index is 0.286. The lowest BCUT2D eigenvalue weighted by Crippen LogP contribution is -2.14. The minimum Gasteiger partial charge on any atom is -0.506 e. The first-order chi connectivity index (χ1) is 11.7. The summed E-state index contributed by atoms with van der Waals surface area (Å²) in [5.74, 6) is 2.72. The number of ether oxygens (including phenoxy) is 4. The summed E-state index contributed by atoms with van der Waals surface area (Å²) in [6.07, 6.45) is 0. The summed E-state index contributed by atoms with van der Waals surface area (Å²) < 4.78 is 23.5. The Bertz CT molecular complexity index is 488. The zero-order valence-electron chi connectivity index (χ0n) is 14.4. The molecule has 24 heavy (non-hydrogen) atoms. The molecule has 1 aliphatic heterocycles. The van der Waals surface area contributed by atoms with Gasteiger partial charge in [-0.25, -0.2) is 0 Å². The molecule has 1 aliphatic rings. The molecule has 0 amide bonds. The lowest BCUT2D eigenvalue weighted by molar-refractivity contribution is 0.0180. The van der Waals surface area contributed by atoms with Gasteiger partial charge >= 0.3 is 0 Å². The van der Waals surface area contributed by atoms with Gasteiger partial charge in [0.25, 0.3) is 0 Å². The predicted octanol–water partition coefficient (Wildman–Crippen LogP) is 2.55. The van der Waals surface area contributed by atoms with Crippen molar-refractivity contribution in [3.63, 3.8) is 0 Å². The van der Waals surface area contributed by atoms with E-state index in [0.717, 1.165) is 23.7 Å². The monoisotopic (exact) mass is 357 g/mol. The second kappa shape index (κ2) is 10.7. The summed E-state index contributed by atoms with van der Waals surface area (Å²) in [5, 5.41) is 10.1. The van der Waals surface area contributed by atoms with Gasteiger partial charge in [-0.1, -0.05) is 6.92 Å². The van der Waals surface area contributed by atoms with Crippen LogP contribution in [-0.2, 0) is 14.2 Å². The Balaban J connectivity index is 1.66. The molecule has 1 atom stereocenters. The van der Waals surface area contributed by atoms with Gasteiger partial charge in [-0.15, -0.1) is 0 Å². The Morgan fingerprint density at radius 1 is 1.12 bits per heavy atom. The van der Waals surface area contributed by atoms with Crippen molar-refractivity contribution < 1.29 is 24.1 Å². The Hall–Kier alpha value is -1.15. The molecule has 0 saturated carbocycles. The second-order valence-corrected chi connectivity index (χ2v) is 6.71. The number of hydrogen-bond donors (Lipinski definition) is 1. The molecular weight excluding hydrogens is 330 g/mol. The first kappa shape index (κ1) is 19.2. The fourth-order valence-electron chi connectivity index (χ4n) is 2.25. The van der Waals surface area contributed by atoms with Crippen molar-refractivity contribution in [2.24, 2.45) is 5.92 Å². The van der Waals surface area contributed by atoms with E-state index in [1.165, 1.54) is 0 Å². The largest absolute Gasteiger partial charge is 0.506 e. The number of phenolic OH excluding ortho intramolecular Hbond substituents is 1. The van der Waals surface area contributed by atoms with Gasteiger partial charge in [-0.05, 0) is 30.0 Å². The van der Waals surface area contributed by atoms with E-state index in [1.54, 1.807) is 31.2 Å². The smallest absolute Gasteiger partial charge is 0.140 e. The molecule has 0 radical (unpaired) electrons. The average Bonchev–Trinajstić information content (AvgIpc) is 3.01. The minimum atomic E-state index is 0.286. The molecule has 0 spiro atoms. The van der Waals surface area contributed by atoms with Crippen molar-refractivity contribution in [3.8, 4) is 11.5 Å². The van der Waals surface area contributed by atoms with Crippen molar-refractivity contribution in [1.82, 2.24) is 0 Å². The van der Waals surface area contributed by atoms with Gasteiger partial charge in [0.05, 0.1) is 38.7 Å². The molecule has 1 aromatic rings. The van der Waals surface area contributed by atoms with E-state index in [1.807, 2.05) is 6.07 Å². The molecule has 1 N–H and O–H groups in total. The third-order valence-corrected chi connectivity index (χ3v) is 4.88. The molecule has 1 heterocycles. The van der Waals surface area contributed by atoms with Gasteiger partial charge in [0.2, 0.25) is 0 Å². The molecule has 0 aliphatic carbocycles. The van der Waals surface area contributed by atoms with Crippen LogP contribution in [0.25, 0.3) is 0 Å². The summed E-state index contributed by atoms with van der Waals surface area (Å²) in [6.45, 7) is 6.38. The maximum Gasteiger partial charge on any atom is 0.140 e. The number of rotatable bonds is 11. The van der Waals surface area contributed by atoms with Crippen LogP contribution in [0.4, 0.5) is 5.69 Å². The lowest BCUT2D eigenvalue weighted by Gasteiger charge is -2.19. The van der Waals surface area contributed by atoms with E-state index in [-0.39, 0.29) is 5.75 Å². The van der Waals surface area contributed by atoms with Crippen LogP contribution >= 0.6 is 11.9 Å². The molecule has 1 fully saturated rings. The highest BCUT2D eigenvalue weighted by Gasteiger charge is 2.22. The van der Waals surface area contributed by atoms with Crippen molar-refractivity contribution in [2.75, 3.05) is 63.4 Å². The maximum absolute atomic E-state index is 10.1. The molecule has 2 rings (SSSR count). The summed E-state index contributed by atoms with van der Waals surface area (Å²) in [7, 11) is 1.65. The normalized spacial score (nSPS) is 17.4. The van der Waals surface area contributed by atoms with Gasteiger partial charge in [0.15, 0.2) is 0 Å². The number of hydrogen-bond acceptors (Lipinski definition) is 7. The fourth-order valence-corrected chi connectivity index (χ4v) is 3.43. The number of nitrogens with zero attached hydrogens (tertiary/aromatic N) is 1. The molecule has 1 saturated heterocycles. The first-order valence-electron chi connectivity index (χ1n) is 8.21. The molecular formula is C17H27NO5S. The maximum atomic E-state index is 10.1. The van der Waals surface area contributed by atoms with Gasteiger partial charge in [0, 0.05) is 25.5 Å². The molecule has 0 bridgehead atoms. The van der Waals surface area contributed by atoms with Gasteiger partial charge in [0.1, 0.15) is 18.1 Å². The quantitative estimate of drug-likeness (QED) is 0.482. The third kappa shape index (κ3) is 6.39. The Kier molecular flexibility index (Phi) is 8.52. The van der Waals surface area contributed by atoms with E-state index >= 15 is 0 Å². The van der Waals surface area contributed by atoms with Gasteiger partial charge in [-0.2, -0.15) is 0 Å². The SMILES string of the molecule is COCCOCCOCCOc1ccc(O)c(N2CC(C)CS2)c1. The summed E-state index contributed by atoms with van der Waals surface area (Å²) in [6, 6.07) is 5.34. The molecule has 1 aromatic carbocycles. The van der Waals surface area contributed by atoms with E-state index in [0.29, 0.717) is 45.6 Å². The highest BCUT2D eigenvalue weighted by molar-refractivity contribution is 8.00. The van der Waals surface area contributed by atoms with Crippen molar-refractivity contribution >= 4 is 17.6 Å². The highest BCUT2D eigenvalue weighted by Crippen LogP contribution is 2.39. The van der Waals surface area contributed by atoms with Crippen LogP contribution in [0.1, 0.15) is 6.92 Å². The van der Waals surface area contributed by atoms with Crippen LogP contribution in [-0.4, -0.2) is 64.2 Å². The number of benzene rings is 1. The number of phenols is 1. The Morgan fingerprint density at radius 3 is 2.50 bits per heavy atom. The number of aromatic hydroxyl groups is 1. The predicted molar refractivity (Wildman–Crippen MR) is 96.1 cm³/mol. The van der Waals surface area contributed by atoms with Gasteiger partial charge in [-0.3, -0.25) is 0 Å². The second-order valence-electron chi connectivity index (χ2n) is 5.68. The third-order valence-electron chi connectivity index (χ3n) is 3.51. The fraction of sp³-hybridized carbons (Fsp3) is 0.647. The Labute approximate surface area is 148 Å². The lowest BCUT2D eigenvalue weighted by atomic mass is 10.2. The summed E-state index contributed by atoms with van der Waals surface area (Å²) >= 11 is 1.74. The van der Waals surface area contributed by atoms with Crippen LogP contribution in [0.2, 0.25) is 0 Å². The van der Waals surface area contributed by atoms with Crippen LogP contribution in [0.3, 0.4) is 0 Å². The van der Waals surface area contributed by atoms with Crippen LogP contribution in [0.15, 0.2) is 18.2 Å². The molecule has 136 valence electrons. The van der Waals surface area contributed by atoms with Crippen LogP contribution in [0.5, 0.6) is 11.5 Å². The molecule has 7 heteroatoms. The van der Waals surface area contributed by atoms with E-state index < -0.39 is 0 Å². The molecule has 1 unspecified atom stereocenters. The van der Waals surface area contributed by atoms with Crippen LogP contribution < -0.4 is 9.04 Å². The Morgan fingerprint density at radius 2 is 1.83 bits per heavy atom. The van der Waals surface area contributed by atoms with Crippen molar-refractivity contribution in [2.45, 2.75) is 6.92 Å². The standard InChI is InChI=1S/C17H27NO5S/c1-14-12-18(24-13-14)16-11-15(3-4-17(16)19)23-10-9-22-8-7-21-6-5-20-2/h3-4,11,14,19H,5-10,12-13H2,1-2H3. The number of anilines is 1. The van der Waals surface area contributed by atoms with Crippen molar-refractivity contribution in [3.05, 3.63) is 18.2 Å². The number of methoxy groups -OCH3 is 1. The molecule has 6 nitrogen and oxygen atoms in total. The summed E-state index contributed by atoms with van der Waals surface area (Å²) in [4.78, 5) is 0.